The van der Waals surface area contributed by atoms with Gasteiger partial charge in [0.05, 0.1) is 12.5 Å². The molecule has 2 heterocycles. The van der Waals surface area contributed by atoms with Gasteiger partial charge in [-0.15, -0.1) is 16.4 Å². The summed E-state index contributed by atoms with van der Waals surface area (Å²) in [5, 5.41) is 11.2. The Bertz CT molecular complexity index is 1370. The fourth-order valence-corrected chi connectivity index (χ4v) is 4.26. The molecule has 168 valence electrons. The third kappa shape index (κ3) is 4.80. The van der Waals surface area contributed by atoms with Crippen molar-refractivity contribution in [3.05, 3.63) is 81.1 Å². The molecular formula is C23H21N5O4S. The minimum absolute atomic E-state index is 0.170. The van der Waals surface area contributed by atoms with Gasteiger partial charge in [-0.3, -0.25) is 9.59 Å². The van der Waals surface area contributed by atoms with E-state index in [0.29, 0.717) is 28.6 Å². The molecule has 0 fully saturated rings. The van der Waals surface area contributed by atoms with Crippen LogP contribution in [0, 0.1) is 0 Å². The number of anilines is 1. The predicted molar refractivity (Wildman–Crippen MR) is 124 cm³/mol. The van der Waals surface area contributed by atoms with Crippen LogP contribution in [0.2, 0.25) is 0 Å². The lowest BCUT2D eigenvalue weighted by Gasteiger charge is -2.12. The molecule has 0 aliphatic carbocycles. The summed E-state index contributed by atoms with van der Waals surface area (Å²) < 4.78 is 5.88. The number of methoxy groups -OCH3 is 1. The molecule has 0 saturated carbocycles. The molecule has 0 saturated heterocycles. The van der Waals surface area contributed by atoms with Gasteiger partial charge in [0.1, 0.15) is 11.6 Å². The molecule has 33 heavy (non-hydrogen) atoms. The summed E-state index contributed by atoms with van der Waals surface area (Å²) in [5.74, 6) is -1.07. The van der Waals surface area contributed by atoms with Crippen LogP contribution in [-0.2, 0) is 22.4 Å². The first-order chi connectivity index (χ1) is 16.0. The topological polar surface area (TPSA) is 116 Å². The molecule has 4 aromatic rings. The number of benzene rings is 2. The third-order valence-corrected chi connectivity index (χ3v) is 6.16. The number of amides is 1. The Kier molecular flexibility index (Phi) is 6.55. The molecule has 0 bridgehead atoms. The average Bonchev–Trinajstić information content (AvgIpc) is 3.25. The molecule has 1 unspecified atom stereocenters. The number of hydrogen-bond acceptors (Lipinski definition) is 8. The van der Waals surface area contributed by atoms with E-state index in [2.05, 4.69) is 20.6 Å². The highest BCUT2D eigenvalue weighted by Gasteiger charge is 2.23. The van der Waals surface area contributed by atoms with Gasteiger partial charge in [-0.05, 0) is 37.5 Å². The van der Waals surface area contributed by atoms with Gasteiger partial charge in [0, 0.05) is 4.88 Å². The number of aromatic nitrogens is 4. The van der Waals surface area contributed by atoms with Crippen molar-refractivity contribution in [2.24, 2.45) is 0 Å². The van der Waals surface area contributed by atoms with E-state index < -0.39 is 23.5 Å². The highest BCUT2D eigenvalue weighted by Crippen LogP contribution is 2.26. The zero-order chi connectivity index (χ0) is 23.4. The number of rotatable bonds is 7. The largest absolute Gasteiger partial charge is 0.464 e. The van der Waals surface area contributed by atoms with Crippen molar-refractivity contribution in [2.45, 2.75) is 25.8 Å². The Hall–Kier alpha value is -3.92. The molecular weight excluding hydrogens is 442 g/mol. The number of thiazole rings is 1. The first kappa shape index (κ1) is 22.3. The van der Waals surface area contributed by atoms with Gasteiger partial charge < -0.3 is 10.1 Å². The molecule has 1 atom stereocenters. The molecule has 1 amide bonds. The van der Waals surface area contributed by atoms with Crippen molar-refractivity contribution in [2.75, 3.05) is 12.4 Å². The maximum absolute atomic E-state index is 12.9. The molecule has 2 aromatic heterocycles. The van der Waals surface area contributed by atoms with Crippen LogP contribution in [0.4, 0.5) is 5.13 Å². The van der Waals surface area contributed by atoms with Crippen LogP contribution in [0.1, 0.15) is 33.9 Å². The molecule has 4 rings (SSSR count). The van der Waals surface area contributed by atoms with Gasteiger partial charge in [-0.25, -0.2) is 9.78 Å². The summed E-state index contributed by atoms with van der Waals surface area (Å²) in [4.78, 5) is 42.8. The van der Waals surface area contributed by atoms with Gasteiger partial charge in [0.25, 0.3) is 11.5 Å². The van der Waals surface area contributed by atoms with Crippen LogP contribution in [0.3, 0.4) is 0 Å². The monoisotopic (exact) mass is 463 g/mol. The van der Waals surface area contributed by atoms with Crippen LogP contribution >= 0.6 is 11.3 Å². The number of carbonyl (C=O) groups excluding carboxylic acids is 2. The minimum atomic E-state index is -0.937. The summed E-state index contributed by atoms with van der Waals surface area (Å²) in [6, 6.07) is 15.7. The summed E-state index contributed by atoms with van der Waals surface area (Å²) in [6.07, 6.45) is 1.27. The lowest BCUT2D eigenvalue weighted by molar-refractivity contribution is -0.119. The van der Waals surface area contributed by atoms with Crippen molar-refractivity contribution in [1.82, 2.24) is 20.0 Å². The smallest absolute Gasteiger partial charge is 0.357 e. The summed E-state index contributed by atoms with van der Waals surface area (Å²) in [5.41, 5.74) is 1.33. The van der Waals surface area contributed by atoms with Gasteiger partial charge in [-0.2, -0.15) is 4.68 Å². The van der Waals surface area contributed by atoms with E-state index in [9.17, 15) is 14.4 Å². The van der Waals surface area contributed by atoms with Gasteiger partial charge in [0.2, 0.25) is 0 Å². The number of nitrogens with zero attached hydrogens (tertiary/aromatic N) is 4. The number of esters is 1. The van der Waals surface area contributed by atoms with Crippen LogP contribution in [0.25, 0.3) is 10.9 Å². The molecule has 10 heteroatoms. The Morgan fingerprint density at radius 3 is 2.58 bits per heavy atom. The second kappa shape index (κ2) is 9.70. The Balaban J connectivity index is 1.55. The lowest BCUT2D eigenvalue weighted by atomic mass is 10.1. The zero-order valence-corrected chi connectivity index (χ0v) is 18.8. The third-order valence-electron chi connectivity index (χ3n) is 5.13. The molecule has 0 aliphatic heterocycles. The molecule has 0 radical (unpaired) electrons. The fraction of sp³-hybridized carbons (Fsp3) is 0.217. The number of aryl methyl sites for hydroxylation is 2. The maximum Gasteiger partial charge on any atom is 0.357 e. The number of fused-ring (bicyclic) bond motifs is 1. The van der Waals surface area contributed by atoms with E-state index in [1.807, 2.05) is 30.3 Å². The Labute approximate surface area is 193 Å². The minimum Gasteiger partial charge on any atom is -0.464 e. The molecule has 0 aliphatic rings. The first-order valence-corrected chi connectivity index (χ1v) is 11.1. The van der Waals surface area contributed by atoms with E-state index in [-0.39, 0.29) is 10.8 Å². The van der Waals surface area contributed by atoms with Crippen molar-refractivity contribution < 1.29 is 14.3 Å². The van der Waals surface area contributed by atoms with E-state index >= 15 is 0 Å². The summed E-state index contributed by atoms with van der Waals surface area (Å²) >= 11 is 1.20. The van der Waals surface area contributed by atoms with Crippen molar-refractivity contribution in [3.8, 4) is 0 Å². The molecule has 2 aromatic carbocycles. The lowest BCUT2D eigenvalue weighted by Crippen LogP contribution is -2.34. The highest BCUT2D eigenvalue weighted by atomic mass is 32.1. The van der Waals surface area contributed by atoms with Crippen LogP contribution in [-0.4, -0.2) is 39.0 Å². The quantitative estimate of drug-likeness (QED) is 0.419. The first-order valence-electron chi connectivity index (χ1n) is 10.2. The van der Waals surface area contributed by atoms with Crippen molar-refractivity contribution >= 4 is 39.2 Å². The van der Waals surface area contributed by atoms with Crippen molar-refractivity contribution in [3.63, 3.8) is 0 Å². The second-order valence-electron chi connectivity index (χ2n) is 7.29. The van der Waals surface area contributed by atoms with E-state index in [0.717, 1.165) is 10.2 Å². The van der Waals surface area contributed by atoms with E-state index in [1.54, 1.807) is 31.2 Å². The van der Waals surface area contributed by atoms with Crippen LogP contribution < -0.4 is 10.9 Å². The van der Waals surface area contributed by atoms with Crippen molar-refractivity contribution in [1.29, 1.82) is 0 Å². The molecule has 0 spiro atoms. The normalized spacial score (nSPS) is 11.8. The Morgan fingerprint density at radius 1 is 1.09 bits per heavy atom. The van der Waals surface area contributed by atoms with Gasteiger partial charge >= 0.3 is 5.97 Å². The SMILES string of the molecule is COC(=O)c1nc(NC(=O)C(C)n2nnc3ccccc3c2=O)sc1CCc1ccccc1. The maximum atomic E-state index is 12.9. The zero-order valence-electron chi connectivity index (χ0n) is 18.0. The van der Waals surface area contributed by atoms with E-state index in [4.69, 9.17) is 4.74 Å². The number of hydrogen-bond donors (Lipinski definition) is 1. The average molecular weight is 464 g/mol. The molecule has 1 N–H and O–H groups in total. The standard InChI is InChI=1S/C23H21N5O4S/c1-14(28-21(30)16-10-6-7-11-17(16)26-27-28)20(29)25-23-24-19(22(31)32-2)18(33-23)13-12-15-8-4-3-5-9-15/h3-11,14H,12-13H2,1-2H3,(H,24,25,29). The predicted octanol–water partition coefficient (Wildman–Crippen LogP) is 3.02. The van der Waals surface area contributed by atoms with E-state index in [1.165, 1.54) is 18.4 Å². The Morgan fingerprint density at radius 2 is 1.82 bits per heavy atom. The molecule has 9 nitrogen and oxygen atoms in total. The van der Waals surface area contributed by atoms with Crippen LogP contribution in [0.15, 0.2) is 59.4 Å². The second-order valence-corrected chi connectivity index (χ2v) is 8.37. The summed E-state index contributed by atoms with van der Waals surface area (Å²) in [7, 11) is 1.29. The fourth-order valence-electron chi connectivity index (χ4n) is 3.31. The number of carbonyl (C=O) groups is 2. The number of nitrogens with one attached hydrogen (secondary N) is 1. The summed E-state index contributed by atoms with van der Waals surface area (Å²) in [6.45, 7) is 1.55. The van der Waals surface area contributed by atoms with Gasteiger partial charge in [-0.1, -0.05) is 47.7 Å². The van der Waals surface area contributed by atoms with Gasteiger partial charge in [0.15, 0.2) is 10.8 Å². The van der Waals surface area contributed by atoms with Crippen LogP contribution in [0.5, 0.6) is 0 Å². The number of ether oxygens (including phenoxy) is 1. The highest BCUT2D eigenvalue weighted by molar-refractivity contribution is 7.16.